The molecule has 3 nitrogen and oxygen atoms in total. The van der Waals surface area contributed by atoms with E-state index in [2.05, 4.69) is 41.4 Å². The molecule has 2 N–H and O–H groups in total. The van der Waals surface area contributed by atoms with Crippen molar-refractivity contribution in [2.75, 3.05) is 13.6 Å². The molecular formula is C13H19N3S2. The van der Waals surface area contributed by atoms with E-state index in [1.807, 2.05) is 18.3 Å². The first kappa shape index (κ1) is 13.7. The highest BCUT2D eigenvalue weighted by molar-refractivity contribution is 7.12. The number of hydrogen-bond donors (Lipinski definition) is 1. The first-order chi connectivity index (χ1) is 8.60. The maximum Gasteiger partial charge on any atom is 0.0897 e. The third-order valence-corrected chi connectivity index (χ3v) is 4.85. The number of thiazole rings is 1. The molecule has 1 unspecified atom stereocenters. The largest absolute Gasteiger partial charge is 0.329 e. The lowest BCUT2D eigenvalue weighted by Crippen LogP contribution is -2.29. The molecule has 2 aromatic rings. The van der Waals surface area contributed by atoms with Crippen LogP contribution in [-0.2, 0) is 6.54 Å². The highest BCUT2D eigenvalue weighted by atomic mass is 32.1. The van der Waals surface area contributed by atoms with Crippen LogP contribution in [0.25, 0.3) is 0 Å². The van der Waals surface area contributed by atoms with Gasteiger partial charge in [0, 0.05) is 28.2 Å². The molecule has 0 saturated carbocycles. The van der Waals surface area contributed by atoms with Crippen LogP contribution in [0.5, 0.6) is 0 Å². The molecule has 1 atom stereocenters. The molecule has 0 aromatic carbocycles. The lowest BCUT2D eigenvalue weighted by atomic mass is 10.2. The summed E-state index contributed by atoms with van der Waals surface area (Å²) in [6, 6.07) is 4.62. The van der Waals surface area contributed by atoms with Crippen LogP contribution in [-0.4, -0.2) is 23.5 Å². The Morgan fingerprint density at radius 2 is 2.17 bits per heavy atom. The van der Waals surface area contributed by atoms with E-state index in [0.717, 1.165) is 17.2 Å². The molecule has 2 rings (SSSR count). The lowest BCUT2D eigenvalue weighted by Gasteiger charge is -2.25. The van der Waals surface area contributed by atoms with E-state index in [1.54, 1.807) is 11.3 Å². The first-order valence-electron chi connectivity index (χ1n) is 5.98. The summed E-state index contributed by atoms with van der Waals surface area (Å²) >= 11 is 3.52. The van der Waals surface area contributed by atoms with E-state index < -0.39 is 0 Å². The number of thiophene rings is 1. The molecule has 18 heavy (non-hydrogen) atoms. The zero-order valence-electron chi connectivity index (χ0n) is 11.0. The molecule has 98 valence electrons. The first-order valence-corrected chi connectivity index (χ1v) is 7.67. The van der Waals surface area contributed by atoms with Crippen molar-refractivity contribution < 1.29 is 0 Å². The third-order valence-electron chi connectivity index (χ3n) is 2.92. The molecular weight excluding hydrogens is 262 g/mol. The summed E-state index contributed by atoms with van der Waals surface area (Å²) in [4.78, 5) is 9.46. The van der Waals surface area contributed by atoms with Crippen molar-refractivity contribution >= 4 is 22.7 Å². The molecule has 0 amide bonds. The Morgan fingerprint density at radius 3 is 2.67 bits per heavy atom. The average molecular weight is 281 g/mol. The zero-order chi connectivity index (χ0) is 13.1. The second-order valence-corrected chi connectivity index (χ2v) is 6.85. The van der Waals surface area contributed by atoms with E-state index in [9.17, 15) is 0 Å². The predicted octanol–water partition coefficient (Wildman–Crippen LogP) is 2.95. The van der Waals surface area contributed by atoms with Crippen LogP contribution < -0.4 is 5.73 Å². The summed E-state index contributed by atoms with van der Waals surface area (Å²) in [6.45, 7) is 5.66. The SMILES string of the molecule is Cc1ccc(C(CN)N(C)Cc2csc(C)n2)s1. The van der Waals surface area contributed by atoms with E-state index in [4.69, 9.17) is 5.73 Å². The molecule has 0 aliphatic heterocycles. The maximum absolute atomic E-state index is 5.92. The van der Waals surface area contributed by atoms with Crippen LogP contribution in [0.2, 0.25) is 0 Å². The quantitative estimate of drug-likeness (QED) is 0.916. The van der Waals surface area contributed by atoms with Crippen molar-refractivity contribution in [2.24, 2.45) is 5.73 Å². The van der Waals surface area contributed by atoms with Crippen molar-refractivity contribution in [1.82, 2.24) is 9.88 Å². The van der Waals surface area contributed by atoms with E-state index in [0.29, 0.717) is 6.54 Å². The number of hydrogen-bond acceptors (Lipinski definition) is 5. The maximum atomic E-state index is 5.92. The van der Waals surface area contributed by atoms with Gasteiger partial charge in [0.15, 0.2) is 0 Å². The number of nitrogens with zero attached hydrogens (tertiary/aromatic N) is 2. The van der Waals surface area contributed by atoms with Crippen LogP contribution in [0.3, 0.4) is 0 Å². The molecule has 0 aliphatic rings. The average Bonchev–Trinajstić information content (AvgIpc) is 2.89. The minimum atomic E-state index is 0.283. The van der Waals surface area contributed by atoms with Gasteiger partial charge in [0.2, 0.25) is 0 Å². The van der Waals surface area contributed by atoms with Gasteiger partial charge < -0.3 is 5.73 Å². The number of nitrogens with two attached hydrogens (primary N) is 1. The van der Waals surface area contributed by atoms with Gasteiger partial charge in [0.25, 0.3) is 0 Å². The van der Waals surface area contributed by atoms with Gasteiger partial charge in [-0.1, -0.05) is 0 Å². The molecule has 0 aliphatic carbocycles. The summed E-state index contributed by atoms with van der Waals surface area (Å²) in [6.07, 6.45) is 0. The number of likely N-dealkylation sites (N-methyl/N-ethyl adjacent to an activating group) is 1. The third kappa shape index (κ3) is 3.17. The van der Waals surface area contributed by atoms with Crippen molar-refractivity contribution in [3.63, 3.8) is 0 Å². The van der Waals surface area contributed by atoms with Crippen LogP contribution >= 0.6 is 22.7 Å². The van der Waals surface area contributed by atoms with E-state index in [1.165, 1.54) is 9.75 Å². The Morgan fingerprint density at radius 1 is 1.39 bits per heavy atom. The fraction of sp³-hybridized carbons (Fsp3) is 0.462. The minimum Gasteiger partial charge on any atom is -0.329 e. The molecule has 0 spiro atoms. The Balaban J connectivity index is 2.08. The summed E-state index contributed by atoms with van der Waals surface area (Å²) < 4.78 is 0. The van der Waals surface area contributed by atoms with E-state index in [-0.39, 0.29) is 6.04 Å². The molecule has 0 radical (unpaired) electrons. The topological polar surface area (TPSA) is 42.1 Å². The second-order valence-electron chi connectivity index (χ2n) is 4.47. The van der Waals surface area contributed by atoms with Crippen molar-refractivity contribution in [3.05, 3.63) is 38.0 Å². The van der Waals surface area contributed by atoms with Gasteiger partial charge in [-0.3, -0.25) is 4.90 Å². The summed E-state index contributed by atoms with van der Waals surface area (Å²) in [5.74, 6) is 0. The van der Waals surface area contributed by atoms with Crippen molar-refractivity contribution in [3.8, 4) is 0 Å². The van der Waals surface area contributed by atoms with Gasteiger partial charge in [-0.2, -0.15) is 0 Å². The molecule has 0 bridgehead atoms. The van der Waals surface area contributed by atoms with Gasteiger partial charge in [-0.05, 0) is 33.0 Å². The fourth-order valence-electron chi connectivity index (χ4n) is 1.99. The van der Waals surface area contributed by atoms with Crippen molar-refractivity contribution in [1.29, 1.82) is 0 Å². The highest BCUT2D eigenvalue weighted by Crippen LogP contribution is 2.27. The van der Waals surface area contributed by atoms with Gasteiger partial charge in [0.05, 0.1) is 16.7 Å². The molecule has 0 fully saturated rings. The highest BCUT2D eigenvalue weighted by Gasteiger charge is 2.18. The number of rotatable bonds is 5. The Bertz CT molecular complexity index is 504. The molecule has 5 heteroatoms. The fourth-order valence-corrected chi connectivity index (χ4v) is 3.65. The Labute approximate surface area is 116 Å². The number of aromatic nitrogens is 1. The molecule has 2 heterocycles. The minimum absolute atomic E-state index is 0.283. The van der Waals surface area contributed by atoms with Crippen LogP contribution in [0, 0.1) is 13.8 Å². The van der Waals surface area contributed by atoms with Gasteiger partial charge in [-0.15, -0.1) is 22.7 Å². The normalized spacial score (nSPS) is 13.2. The van der Waals surface area contributed by atoms with Gasteiger partial charge in [-0.25, -0.2) is 4.98 Å². The smallest absolute Gasteiger partial charge is 0.0897 e. The molecule has 2 aromatic heterocycles. The second kappa shape index (κ2) is 5.93. The zero-order valence-corrected chi connectivity index (χ0v) is 12.6. The predicted molar refractivity (Wildman–Crippen MR) is 79.2 cm³/mol. The van der Waals surface area contributed by atoms with E-state index >= 15 is 0 Å². The monoisotopic (exact) mass is 281 g/mol. The van der Waals surface area contributed by atoms with Crippen molar-refractivity contribution in [2.45, 2.75) is 26.4 Å². The van der Waals surface area contributed by atoms with Crippen LogP contribution in [0.15, 0.2) is 17.5 Å². The van der Waals surface area contributed by atoms with Gasteiger partial charge in [0.1, 0.15) is 0 Å². The molecule has 0 saturated heterocycles. The van der Waals surface area contributed by atoms with Gasteiger partial charge >= 0.3 is 0 Å². The summed E-state index contributed by atoms with van der Waals surface area (Å²) in [7, 11) is 2.11. The number of aryl methyl sites for hydroxylation is 2. The Kier molecular flexibility index (Phi) is 4.50. The lowest BCUT2D eigenvalue weighted by molar-refractivity contribution is 0.243. The van der Waals surface area contributed by atoms with Crippen LogP contribution in [0.4, 0.5) is 0 Å². The summed E-state index contributed by atoms with van der Waals surface area (Å²) in [5, 5.41) is 3.24. The summed E-state index contributed by atoms with van der Waals surface area (Å²) in [5.41, 5.74) is 7.05. The Hall–Kier alpha value is -0.750. The standard InChI is InChI=1S/C13H19N3S2/c1-9-4-5-13(18-9)12(6-14)16(3)7-11-8-17-10(2)15-11/h4-5,8,12H,6-7,14H2,1-3H3. The van der Waals surface area contributed by atoms with Crippen LogP contribution in [0.1, 0.15) is 26.5 Å².